The molecule has 0 aliphatic carbocycles. The van der Waals surface area contributed by atoms with Gasteiger partial charge in [0.05, 0.1) is 6.33 Å². The highest BCUT2D eigenvalue weighted by atomic mass is 35.5. The molecule has 0 unspecified atom stereocenters. The Morgan fingerprint density at radius 3 is 2.59 bits per heavy atom. The Morgan fingerprint density at radius 1 is 1.27 bits per heavy atom. The van der Waals surface area contributed by atoms with Crippen LogP contribution >= 0.6 is 24.8 Å². The smallest absolute Gasteiger partial charge is 0.254 e. The second-order valence-electron chi connectivity index (χ2n) is 5.07. The summed E-state index contributed by atoms with van der Waals surface area (Å²) >= 11 is 0. The SMILES string of the molecule is C[C@@H]1CNCCN1C(=O)c1ccc(-n2ccnc2)cc1.Cl.Cl. The maximum atomic E-state index is 12.5. The predicted octanol–water partition coefficient (Wildman–Crippen LogP) is 2.15. The summed E-state index contributed by atoms with van der Waals surface area (Å²) in [4.78, 5) is 18.4. The monoisotopic (exact) mass is 342 g/mol. The largest absolute Gasteiger partial charge is 0.333 e. The van der Waals surface area contributed by atoms with Crippen molar-refractivity contribution in [2.75, 3.05) is 19.6 Å². The van der Waals surface area contributed by atoms with Crippen LogP contribution in [0.15, 0.2) is 43.0 Å². The molecule has 0 radical (unpaired) electrons. The minimum absolute atomic E-state index is 0. The second-order valence-corrected chi connectivity index (χ2v) is 5.07. The minimum atomic E-state index is 0. The summed E-state index contributed by atoms with van der Waals surface area (Å²) < 4.78 is 1.92. The molecule has 2 heterocycles. The molecule has 1 saturated heterocycles. The zero-order valence-corrected chi connectivity index (χ0v) is 13.9. The van der Waals surface area contributed by atoms with Gasteiger partial charge in [0, 0.05) is 49.3 Å². The quantitative estimate of drug-likeness (QED) is 0.909. The number of benzene rings is 1. The fourth-order valence-corrected chi connectivity index (χ4v) is 2.50. The van der Waals surface area contributed by atoms with Gasteiger partial charge in [-0.25, -0.2) is 4.98 Å². The van der Waals surface area contributed by atoms with Crippen LogP contribution in [0.1, 0.15) is 17.3 Å². The molecule has 5 nitrogen and oxygen atoms in total. The van der Waals surface area contributed by atoms with Gasteiger partial charge >= 0.3 is 0 Å². The minimum Gasteiger partial charge on any atom is -0.333 e. The fraction of sp³-hybridized carbons (Fsp3) is 0.333. The van der Waals surface area contributed by atoms with Crippen LogP contribution in [0, 0.1) is 0 Å². The van der Waals surface area contributed by atoms with Gasteiger partial charge in [0.1, 0.15) is 0 Å². The van der Waals surface area contributed by atoms with Crippen LogP contribution in [0.3, 0.4) is 0 Å². The van der Waals surface area contributed by atoms with Crippen LogP contribution < -0.4 is 5.32 Å². The molecule has 1 aromatic heterocycles. The molecule has 3 rings (SSSR count). The van der Waals surface area contributed by atoms with Gasteiger partial charge in [0.25, 0.3) is 5.91 Å². The van der Waals surface area contributed by atoms with Crippen molar-refractivity contribution in [3.63, 3.8) is 0 Å². The first-order chi connectivity index (χ1) is 9.75. The molecular formula is C15H20Cl2N4O. The van der Waals surface area contributed by atoms with Crippen molar-refractivity contribution in [3.05, 3.63) is 48.5 Å². The van der Waals surface area contributed by atoms with E-state index in [-0.39, 0.29) is 36.8 Å². The molecule has 1 N–H and O–H groups in total. The maximum absolute atomic E-state index is 12.5. The Labute approximate surface area is 142 Å². The molecule has 1 aliphatic heterocycles. The van der Waals surface area contributed by atoms with Crippen molar-refractivity contribution in [1.29, 1.82) is 0 Å². The van der Waals surface area contributed by atoms with Gasteiger partial charge in [-0.1, -0.05) is 0 Å². The number of nitrogens with one attached hydrogen (secondary N) is 1. The third-order valence-corrected chi connectivity index (χ3v) is 3.68. The van der Waals surface area contributed by atoms with Gasteiger partial charge < -0.3 is 14.8 Å². The van der Waals surface area contributed by atoms with E-state index in [2.05, 4.69) is 17.2 Å². The molecule has 22 heavy (non-hydrogen) atoms. The molecule has 0 bridgehead atoms. The van der Waals surface area contributed by atoms with Crippen molar-refractivity contribution in [2.24, 2.45) is 0 Å². The van der Waals surface area contributed by atoms with Crippen LogP contribution in [0.25, 0.3) is 5.69 Å². The lowest BCUT2D eigenvalue weighted by molar-refractivity contribution is 0.0656. The van der Waals surface area contributed by atoms with Crippen molar-refractivity contribution in [1.82, 2.24) is 19.8 Å². The van der Waals surface area contributed by atoms with Crippen LogP contribution in [0.5, 0.6) is 0 Å². The molecule has 120 valence electrons. The number of halogens is 2. The highest BCUT2D eigenvalue weighted by molar-refractivity contribution is 5.94. The lowest BCUT2D eigenvalue weighted by Crippen LogP contribution is -2.52. The molecule has 1 aromatic carbocycles. The summed E-state index contributed by atoms with van der Waals surface area (Å²) in [7, 11) is 0. The predicted molar refractivity (Wildman–Crippen MR) is 91.4 cm³/mol. The van der Waals surface area contributed by atoms with E-state index in [9.17, 15) is 4.79 Å². The highest BCUT2D eigenvalue weighted by Gasteiger charge is 2.23. The summed E-state index contributed by atoms with van der Waals surface area (Å²) in [6.07, 6.45) is 5.37. The van der Waals surface area contributed by atoms with E-state index in [1.54, 1.807) is 12.5 Å². The zero-order valence-electron chi connectivity index (χ0n) is 12.3. The number of nitrogens with zero attached hydrogens (tertiary/aromatic N) is 3. The summed E-state index contributed by atoms with van der Waals surface area (Å²) in [6, 6.07) is 7.90. The third-order valence-electron chi connectivity index (χ3n) is 3.68. The third kappa shape index (κ3) is 3.80. The van der Waals surface area contributed by atoms with E-state index < -0.39 is 0 Å². The Hall–Kier alpha value is -1.56. The first kappa shape index (κ1) is 18.5. The van der Waals surface area contributed by atoms with E-state index in [0.29, 0.717) is 0 Å². The number of carbonyl (C=O) groups is 1. The Bertz CT molecular complexity index is 586. The number of hydrogen-bond acceptors (Lipinski definition) is 3. The first-order valence-electron chi connectivity index (χ1n) is 6.86. The number of amides is 1. The average molecular weight is 343 g/mol. The molecule has 1 fully saturated rings. The first-order valence-corrected chi connectivity index (χ1v) is 6.86. The lowest BCUT2D eigenvalue weighted by Gasteiger charge is -2.34. The number of imidazole rings is 1. The van der Waals surface area contributed by atoms with Gasteiger partial charge in [0.15, 0.2) is 0 Å². The van der Waals surface area contributed by atoms with Gasteiger partial charge in [-0.15, -0.1) is 24.8 Å². The Kier molecular flexibility index (Phi) is 6.87. The summed E-state index contributed by atoms with van der Waals surface area (Å²) in [5.41, 5.74) is 1.75. The normalized spacial score (nSPS) is 17.3. The number of hydrogen-bond donors (Lipinski definition) is 1. The molecule has 1 amide bonds. The maximum Gasteiger partial charge on any atom is 0.254 e. The van der Waals surface area contributed by atoms with Gasteiger partial charge in [0.2, 0.25) is 0 Å². The summed E-state index contributed by atoms with van der Waals surface area (Å²) in [5.74, 6) is 0.108. The number of aromatic nitrogens is 2. The Balaban J connectivity index is 0.00000121. The van der Waals surface area contributed by atoms with Crippen molar-refractivity contribution >= 4 is 30.7 Å². The zero-order chi connectivity index (χ0) is 13.9. The van der Waals surface area contributed by atoms with E-state index in [4.69, 9.17) is 0 Å². The lowest BCUT2D eigenvalue weighted by atomic mass is 10.1. The topological polar surface area (TPSA) is 50.2 Å². The molecular weight excluding hydrogens is 323 g/mol. The molecule has 0 saturated carbocycles. The molecule has 0 spiro atoms. The number of carbonyl (C=O) groups excluding carboxylic acids is 1. The number of piperazine rings is 1. The van der Waals surface area contributed by atoms with Gasteiger partial charge in [-0.2, -0.15) is 0 Å². The molecule has 7 heteroatoms. The highest BCUT2D eigenvalue weighted by Crippen LogP contribution is 2.13. The van der Waals surface area contributed by atoms with Crippen LogP contribution in [-0.2, 0) is 0 Å². The van der Waals surface area contributed by atoms with Crippen molar-refractivity contribution < 1.29 is 4.79 Å². The van der Waals surface area contributed by atoms with Crippen molar-refractivity contribution in [2.45, 2.75) is 13.0 Å². The van der Waals surface area contributed by atoms with E-state index in [0.717, 1.165) is 30.9 Å². The van der Waals surface area contributed by atoms with Crippen LogP contribution in [-0.4, -0.2) is 46.0 Å². The average Bonchev–Trinajstić information content (AvgIpc) is 3.01. The van der Waals surface area contributed by atoms with Crippen molar-refractivity contribution in [3.8, 4) is 5.69 Å². The Morgan fingerprint density at radius 2 is 2.00 bits per heavy atom. The number of rotatable bonds is 2. The fourth-order valence-electron chi connectivity index (χ4n) is 2.50. The van der Waals surface area contributed by atoms with Crippen LogP contribution in [0.2, 0.25) is 0 Å². The molecule has 1 atom stereocenters. The molecule has 1 aliphatic rings. The van der Waals surface area contributed by atoms with Crippen LogP contribution in [0.4, 0.5) is 0 Å². The second kappa shape index (κ2) is 8.17. The van der Waals surface area contributed by atoms with E-state index in [1.165, 1.54) is 0 Å². The van der Waals surface area contributed by atoms with E-state index in [1.807, 2.05) is 39.9 Å². The molecule has 2 aromatic rings. The van der Waals surface area contributed by atoms with E-state index >= 15 is 0 Å². The van der Waals surface area contributed by atoms with Gasteiger partial charge in [-0.05, 0) is 31.2 Å². The van der Waals surface area contributed by atoms with Gasteiger partial charge in [-0.3, -0.25) is 4.79 Å². The standard InChI is InChI=1S/C15H18N4O.2ClH/c1-12-10-16-7-9-19(12)15(20)13-2-4-14(5-3-13)18-8-6-17-11-18;;/h2-6,8,11-12,16H,7,9-10H2,1H3;2*1H/t12-;;/m1../s1. The summed E-state index contributed by atoms with van der Waals surface area (Å²) in [6.45, 7) is 4.56. The summed E-state index contributed by atoms with van der Waals surface area (Å²) in [5, 5.41) is 3.29.